The quantitative estimate of drug-likeness (QED) is 0.790. The Hall–Kier alpha value is -0.690. The average Bonchev–Trinajstić information content (AvgIpc) is 2.75. The molecule has 1 fully saturated rings. The molecular formula is C12H18ClN3O2S. The van der Waals surface area contributed by atoms with Crippen molar-refractivity contribution in [3.63, 3.8) is 0 Å². The van der Waals surface area contributed by atoms with Crippen LogP contribution in [0.3, 0.4) is 0 Å². The topological polar surface area (TPSA) is 53.5 Å². The molecule has 1 unspecified atom stereocenters. The molecule has 5 nitrogen and oxygen atoms in total. The molecule has 1 saturated heterocycles. The van der Waals surface area contributed by atoms with Crippen LogP contribution in [0, 0.1) is 0 Å². The molecule has 0 aliphatic carbocycles. The molecule has 2 rings (SSSR count). The maximum absolute atomic E-state index is 12.4. The summed E-state index contributed by atoms with van der Waals surface area (Å²) in [7, 11) is 0.146. The summed E-state index contributed by atoms with van der Waals surface area (Å²) < 4.78 is 26.2. The Morgan fingerprint density at radius 1 is 1.58 bits per heavy atom. The Labute approximate surface area is 119 Å². The van der Waals surface area contributed by atoms with Crippen molar-refractivity contribution in [2.24, 2.45) is 0 Å². The van der Waals surface area contributed by atoms with E-state index in [0.717, 1.165) is 19.4 Å². The molecule has 0 radical (unpaired) electrons. The first-order chi connectivity index (χ1) is 8.91. The van der Waals surface area contributed by atoms with Gasteiger partial charge in [0.25, 0.3) is 0 Å². The van der Waals surface area contributed by atoms with Gasteiger partial charge in [0.15, 0.2) is 0 Å². The zero-order valence-corrected chi connectivity index (χ0v) is 12.7. The lowest BCUT2D eigenvalue weighted by Gasteiger charge is -2.25. The number of likely N-dealkylation sites (N-methyl/N-ethyl adjacent to an activating group) is 2. The average molecular weight is 304 g/mol. The lowest BCUT2D eigenvalue weighted by molar-refractivity contribution is 0.271. The van der Waals surface area contributed by atoms with Crippen LogP contribution in [0.25, 0.3) is 0 Å². The van der Waals surface area contributed by atoms with Crippen molar-refractivity contribution in [3.05, 3.63) is 23.5 Å². The molecule has 0 amide bonds. The summed E-state index contributed by atoms with van der Waals surface area (Å²) in [5.74, 6) is 0. The summed E-state index contributed by atoms with van der Waals surface area (Å²) in [5.41, 5.74) is 0. The molecule has 7 heteroatoms. The summed E-state index contributed by atoms with van der Waals surface area (Å²) in [6, 6.07) is 3.14. The number of rotatable bonds is 4. The number of likely N-dealkylation sites (tertiary alicyclic amines) is 1. The Kier molecular flexibility index (Phi) is 4.45. The lowest BCUT2D eigenvalue weighted by Crippen LogP contribution is -2.39. The van der Waals surface area contributed by atoms with Gasteiger partial charge in [-0.25, -0.2) is 13.4 Å². The third-order valence-electron chi connectivity index (χ3n) is 3.55. The third-order valence-corrected chi connectivity index (χ3v) is 5.57. The summed E-state index contributed by atoms with van der Waals surface area (Å²) in [5, 5.41) is 0.187. The van der Waals surface area contributed by atoms with Crippen molar-refractivity contribution >= 4 is 21.6 Å². The molecule has 1 aliphatic rings. The monoisotopic (exact) mass is 303 g/mol. The van der Waals surface area contributed by atoms with Crippen LogP contribution in [0.2, 0.25) is 5.15 Å². The second kappa shape index (κ2) is 5.75. The number of pyridine rings is 1. The second-order valence-corrected chi connectivity index (χ2v) is 7.31. The molecular weight excluding hydrogens is 286 g/mol. The highest BCUT2D eigenvalue weighted by Gasteiger charge is 2.28. The van der Waals surface area contributed by atoms with Gasteiger partial charge in [-0.1, -0.05) is 11.6 Å². The maximum atomic E-state index is 12.4. The first kappa shape index (κ1) is 14.7. The first-order valence-electron chi connectivity index (χ1n) is 6.19. The van der Waals surface area contributed by atoms with Crippen molar-refractivity contribution in [3.8, 4) is 0 Å². The number of hydrogen-bond acceptors (Lipinski definition) is 4. The van der Waals surface area contributed by atoms with Crippen molar-refractivity contribution in [2.75, 3.05) is 27.2 Å². The summed E-state index contributed by atoms with van der Waals surface area (Å²) in [4.78, 5) is 6.19. The van der Waals surface area contributed by atoms with Crippen LogP contribution >= 0.6 is 11.6 Å². The smallest absolute Gasteiger partial charge is 0.243 e. The van der Waals surface area contributed by atoms with Gasteiger partial charge >= 0.3 is 0 Å². The summed E-state index contributed by atoms with van der Waals surface area (Å²) in [6.45, 7) is 1.53. The SMILES string of the molecule is CN1CCCC1CN(C)S(=O)(=O)c1ccnc(Cl)c1. The van der Waals surface area contributed by atoms with E-state index < -0.39 is 10.0 Å². The van der Waals surface area contributed by atoms with Crippen LogP contribution in [0.5, 0.6) is 0 Å². The van der Waals surface area contributed by atoms with Gasteiger partial charge in [0.2, 0.25) is 10.0 Å². The van der Waals surface area contributed by atoms with Crippen LogP contribution in [0.4, 0.5) is 0 Å². The summed E-state index contributed by atoms with van der Waals surface area (Å²) in [6.07, 6.45) is 3.56. The van der Waals surface area contributed by atoms with E-state index in [4.69, 9.17) is 11.6 Å². The largest absolute Gasteiger partial charge is 0.302 e. The molecule has 0 N–H and O–H groups in total. The highest BCUT2D eigenvalue weighted by Crippen LogP contribution is 2.20. The molecule has 1 aliphatic heterocycles. The fourth-order valence-corrected chi connectivity index (χ4v) is 3.79. The highest BCUT2D eigenvalue weighted by molar-refractivity contribution is 7.89. The molecule has 1 aromatic heterocycles. The lowest BCUT2D eigenvalue weighted by atomic mass is 10.2. The minimum atomic E-state index is -3.49. The van der Waals surface area contributed by atoms with Gasteiger partial charge in [-0.2, -0.15) is 4.31 Å². The molecule has 0 saturated carbocycles. The minimum absolute atomic E-state index is 0.187. The van der Waals surface area contributed by atoms with Crippen LogP contribution in [-0.2, 0) is 10.0 Å². The summed E-state index contributed by atoms with van der Waals surface area (Å²) >= 11 is 5.75. The predicted molar refractivity (Wildman–Crippen MR) is 74.7 cm³/mol. The molecule has 1 aromatic rings. The van der Waals surface area contributed by atoms with Gasteiger partial charge in [-0.05, 0) is 38.6 Å². The minimum Gasteiger partial charge on any atom is -0.302 e. The van der Waals surface area contributed by atoms with Gasteiger partial charge in [-0.15, -0.1) is 0 Å². The molecule has 1 atom stereocenters. The number of nitrogens with zero attached hydrogens (tertiary/aromatic N) is 3. The van der Waals surface area contributed by atoms with Crippen molar-refractivity contribution in [1.29, 1.82) is 0 Å². The standard InChI is InChI=1S/C12H18ClN3O2S/c1-15-7-3-4-10(15)9-16(2)19(17,18)11-5-6-14-12(13)8-11/h5-6,8,10H,3-4,7,9H2,1-2H3. The second-order valence-electron chi connectivity index (χ2n) is 4.88. The van der Waals surface area contributed by atoms with Crippen molar-refractivity contribution in [1.82, 2.24) is 14.2 Å². The van der Waals surface area contributed by atoms with E-state index in [1.165, 1.54) is 22.6 Å². The Morgan fingerprint density at radius 3 is 2.89 bits per heavy atom. The van der Waals surface area contributed by atoms with E-state index in [2.05, 4.69) is 9.88 Å². The van der Waals surface area contributed by atoms with Gasteiger partial charge in [0.05, 0.1) is 4.90 Å². The number of hydrogen-bond donors (Lipinski definition) is 0. The van der Waals surface area contributed by atoms with Crippen LogP contribution in [0.15, 0.2) is 23.2 Å². The predicted octanol–water partition coefficient (Wildman–Crippen LogP) is 1.45. The Bertz CT molecular complexity index is 550. The van der Waals surface area contributed by atoms with E-state index >= 15 is 0 Å². The third kappa shape index (κ3) is 3.25. The molecule has 19 heavy (non-hydrogen) atoms. The Morgan fingerprint density at radius 2 is 2.32 bits per heavy atom. The van der Waals surface area contributed by atoms with E-state index in [9.17, 15) is 8.42 Å². The number of halogens is 1. The van der Waals surface area contributed by atoms with Crippen LogP contribution in [-0.4, -0.2) is 55.8 Å². The fourth-order valence-electron chi connectivity index (χ4n) is 2.33. The van der Waals surface area contributed by atoms with E-state index in [1.54, 1.807) is 7.05 Å². The number of sulfonamides is 1. The van der Waals surface area contributed by atoms with Gasteiger partial charge in [0.1, 0.15) is 5.15 Å². The van der Waals surface area contributed by atoms with Crippen molar-refractivity contribution in [2.45, 2.75) is 23.8 Å². The molecule has 106 valence electrons. The van der Waals surface area contributed by atoms with Crippen LogP contribution in [0.1, 0.15) is 12.8 Å². The van der Waals surface area contributed by atoms with E-state index in [-0.39, 0.29) is 16.1 Å². The number of aromatic nitrogens is 1. The Balaban J connectivity index is 2.15. The normalized spacial score (nSPS) is 21.2. The van der Waals surface area contributed by atoms with Gasteiger partial charge in [0, 0.05) is 25.8 Å². The highest BCUT2D eigenvalue weighted by atomic mass is 35.5. The maximum Gasteiger partial charge on any atom is 0.243 e. The van der Waals surface area contributed by atoms with Gasteiger partial charge in [-0.3, -0.25) is 0 Å². The molecule has 0 spiro atoms. The molecule has 0 bridgehead atoms. The van der Waals surface area contributed by atoms with E-state index in [0.29, 0.717) is 6.54 Å². The zero-order chi connectivity index (χ0) is 14.0. The van der Waals surface area contributed by atoms with Gasteiger partial charge < -0.3 is 4.90 Å². The zero-order valence-electron chi connectivity index (χ0n) is 11.1. The van der Waals surface area contributed by atoms with Crippen LogP contribution < -0.4 is 0 Å². The fraction of sp³-hybridized carbons (Fsp3) is 0.583. The van der Waals surface area contributed by atoms with Crippen molar-refractivity contribution < 1.29 is 8.42 Å². The molecule has 2 heterocycles. The first-order valence-corrected chi connectivity index (χ1v) is 8.01. The van der Waals surface area contributed by atoms with E-state index in [1.807, 2.05) is 7.05 Å². The molecule has 0 aromatic carbocycles.